The molecule has 0 spiro atoms. The number of aryl methyl sites for hydroxylation is 1. The molecule has 2 aromatic heterocycles. The summed E-state index contributed by atoms with van der Waals surface area (Å²) in [5, 5.41) is 3.74. The average Bonchev–Trinajstić information content (AvgIpc) is 3.34. The normalized spacial score (nSPS) is 16.3. The van der Waals surface area contributed by atoms with Crippen molar-refractivity contribution in [3.05, 3.63) is 71.7 Å². The van der Waals surface area contributed by atoms with Crippen LogP contribution in [0.3, 0.4) is 0 Å². The summed E-state index contributed by atoms with van der Waals surface area (Å²) < 4.78 is 1.98. The number of imide groups is 1. The maximum Gasteiger partial charge on any atom is 0.325 e. The molecule has 1 fully saturated rings. The molecule has 2 N–H and O–H groups in total. The molecule has 1 aliphatic rings. The van der Waals surface area contributed by atoms with E-state index in [0.29, 0.717) is 18.5 Å². The fourth-order valence-corrected chi connectivity index (χ4v) is 4.11. The molecule has 30 heavy (non-hydrogen) atoms. The summed E-state index contributed by atoms with van der Waals surface area (Å²) in [6.07, 6.45) is 3.99. The van der Waals surface area contributed by atoms with Crippen LogP contribution in [0.1, 0.15) is 27.3 Å². The topological polar surface area (TPSA) is 87.2 Å². The second-order valence-corrected chi connectivity index (χ2v) is 7.60. The first kappa shape index (κ1) is 19.7. The number of hydrogen-bond donors (Lipinski definition) is 2. The van der Waals surface area contributed by atoms with E-state index >= 15 is 0 Å². The molecule has 1 saturated heterocycles. The number of H-pyrrole nitrogens is 1. The van der Waals surface area contributed by atoms with E-state index in [1.54, 1.807) is 12.1 Å². The Labute approximate surface area is 174 Å². The SMILES string of the molecule is C=CCn1c(C)cc(C(=O)CN2C(=O)N[C@H](Cc3c[nH]c4ccccc34)C2=O)c1C. The zero-order valence-corrected chi connectivity index (χ0v) is 17.1. The van der Waals surface area contributed by atoms with Gasteiger partial charge < -0.3 is 14.9 Å². The largest absolute Gasteiger partial charge is 0.361 e. The first-order chi connectivity index (χ1) is 14.4. The molecular weight excluding hydrogens is 380 g/mol. The van der Waals surface area contributed by atoms with Gasteiger partial charge in [-0.3, -0.25) is 14.5 Å². The van der Waals surface area contributed by atoms with Crippen molar-refractivity contribution in [2.45, 2.75) is 32.9 Å². The van der Waals surface area contributed by atoms with Crippen molar-refractivity contribution in [2.75, 3.05) is 6.54 Å². The van der Waals surface area contributed by atoms with Gasteiger partial charge >= 0.3 is 6.03 Å². The maximum absolute atomic E-state index is 12.9. The summed E-state index contributed by atoms with van der Waals surface area (Å²) in [7, 11) is 0. The van der Waals surface area contributed by atoms with Crippen LogP contribution < -0.4 is 5.32 Å². The molecule has 0 radical (unpaired) electrons. The number of nitrogens with one attached hydrogen (secondary N) is 2. The van der Waals surface area contributed by atoms with Gasteiger partial charge in [0.2, 0.25) is 0 Å². The van der Waals surface area contributed by atoms with E-state index in [1.807, 2.05) is 48.9 Å². The summed E-state index contributed by atoms with van der Waals surface area (Å²) in [6, 6.07) is 8.39. The third-order valence-corrected chi connectivity index (χ3v) is 5.69. The molecule has 0 saturated carbocycles. The van der Waals surface area contributed by atoms with Crippen molar-refractivity contribution >= 4 is 28.6 Å². The van der Waals surface area contributed by atoms with Crippen molar-refractivity contribution in [3.63, 3.8) is 0 Å². The predicted octanol–water partition coefficient (Wildman–Crippen LogP) is 3.12. The van der Waals surface area contributed by atoms with Gasteiger partial charge in [0.05, 0.1) is 6.54 Å². The Morgan fingerprint density at radius 1 is 1.23 bits per heavy atom. The number of para-hydroxylation sites is 1. The molecule has 3 aromatic rings. The van der Waals surface area contributed by atoms with Gasteiger partial charge in [0.15, 0.2) is 5.78 Å². The fourth-order valence-electron chi connectivity index (χ4n) is 4.11. The third-order valence-electron chi connectivity index (χ3n) is 5.69. The van der Waals surface area contributed by atoms with E-state index in [9.17, 15) is 14.4 Å². The maximum atomic E-state index is 12.9. The van der Waals surface area contributed by atoms with Gasteiger partial charge in [-0.15, -0.1) is 6.58 Å². The molecule has 4 rings (SSSR count). The minimum atomic E-state index is -0.683. The number of rotatable bonds is 7. The van der Waals surface area contributed by atoms with Gasteiger partial charge in [0.1, 0.15) is 6.04 Å². The zero-order chi connectivity index (χ0) is 21.4. The zero-order valence-electron chi connectivity index (χ0n) is 17.1. The number of aromatic amines is 1. The average molecular weight is 404 g/mol. The first-order valence-electron chi connectivity index (χ1n) is 9.88. The number of fused-ring (bicyclic) bond motifs is 1. The molecule has 1 atom stereocenters. The number of urea groups is 1. The minimum Gasteiger partial charge on any atom is -0.361 e. The number of aromatic nitrogens is 2. The summed E-state index contributed by atoms with van der Waals surface area (Å²) >= 11 is 0. The van der Waals surface area contributed by atoms with E-state index in [2.05, 4.69) is 16.9 Å². The Morgan fingerprint density at radius 3 is 2.77 bits per heavy atom. The third kappa shape index (κ3) is 3.32. The number of amides is 3. The smallest absolute Gasteiger partial charge is 0.325 e. The lowest BCUT2D eigenvalue weighted by Crippen LogP contribution is -2.36. The molecule has 1 aliphatic heterocycles. The van der Waals surface area contributed by atoms with Crippen molar-refractivity contribution in [1.82, 2.24) is 19.8 Å². The van der Waals surface area contributed by atoms with Crippen LogP contribution in [0, 0.1) is 13.8 Å². The molecule has 0 aliphatic carbocycles. The second kappa shape index (κ2) is 7.67. The van der Waals surface area contributed by atoms with E-state index in [4.69, 9.17) is 0 Å². The van der Waals surface area contributed by atoms with Crippen molar-refractivity contribution in [3.8, 4) is 0 Å². The number of carbonyl (C=O) groups excluding carboxylic acids is 3. The second-order valence-electron chi connectivity index (χ2n) is 7.60. The first-order valence-corrected chi connectivity index (χ1v) is 9.88. The van der Waals surface area contributed by atoms with Crippen molar-refractivity contribution in [1.29, 1.82) is 0 Å². The Hall–Kier alpha value is -3.61. The van der Waals surface area contributed by atoms with Gasteiger partial charge in [-0.25, -0.2) is 4.79 Å². The highest BCUT2D eigenvalue weighted by Crippen LogP contribution is 2.22. The van der Waals surface area contributed by atoms with Crippen LogP contribution in [-0.4, -0.2) is 44.8 Å². The highest BCUT2D eigenvalue weighted by molar-refractivity contribution is 6.09. The van der Waals surface area contributed by atoms with Crippen molar-refractivity contribution in [2.24, 2.45) is 0 Å². The van der Waals surface area contributed by atoms with Crippen molar-refractivity contribution < 1.29 is 14.4 Å². The summed E-state index contributed by atoms with van der Waals surface area (Å²) in [5.41, 5.74) is 4.19. The highest BCUT2D eigenvalue weighted by Gasteiger charge is 2.39. The number of Topliss-reactive ketones (excluding diaryl/α,β-unsaturated/α-hetero) is 1. The molecule has 1 aromatic carbocycles. The van der Waals surface area contributed by atoms with Crippen LogP contribution in [0.2, 0.25) is 0 Å². The highest BCUT2D eigenvalue weighted by atomic mass is 16.2. The lowest BCUT2D eigenvalue weighted by Gasteiger charge is -2.12. The molecule has 7 nitrogen and oxygen atoms in total. The number of hydrogen-bond acceptors (Lipinski definition) is 3. The lowest BCUT2D eigenvalue weighted by molar-refractivity contribution is -0.127. The Morgan fingerprint density at radius 2 is 2.00 bits per heavy atom. The van der Waals surface area contributed by atoms with Crippen LogP contribution in [0.25, 0.3) is 10.9 Å². The van der Waals surface area contributed by atoms with E-state index in [-0.39, 0.29) is 18.2 Å². The van der Waals surface area contributed by atoms with Gasteiger partial charge in [-0.1, -0.05) is 24.3 Å². The van der Waals surface area contributed by atoms with E-state index in [1.165, 1.54) is 0 Å². The Balaban J connectivity index is 1.50. The quantitative estimate of drug-likeness (QED) is 0.360. The Kier molecular flexibility index (Phi) is 5.03. The molecule has 3 heterocycles. The summed E-state index contributed by atoms with van der Waals surface area (Å²) in [4.78, 5) is 42.3. The molecule has 7 heteroatoms. The molecule has 3 amide bonds. The lowest BCUT2D eigenvalue weighted by atomic mass is 10.0. The monoisotopic (exact) mass is 404 g/mol. The van der Waals surface area contributed by atoms with Crippen LogP contribution >= 0.6 is 0 Å². The molecular formula is C23H24N4O3. The molecule has 0 unspecified atom stereocenters. The Bertz CT molecular complexity index is 1170. The van der Waals surface area contributed by atoms with Crippen LogP contribution in [-0.2, 0) is 17.8 Å². The van der Waals surface area contributed by atoms with Crippen LogP contribution in [0.4, 0.5) is 4.79 Å². The number of nitrogens with zero attached hydrogens (tertiary/aromatic N) is 2. The number of carbonyl (C=O) groups is 3. The summed E-state index contributed by atoms with van der Waals surface area (Å²) in [6.45, 7) is 7.84. The van der Waals surface area contributed by atoms with Crippen LogP contribution in [0.5, 0.6) is 0 Å². The number of allylic oxidation sites excluding steroid dienone is 1. The van der Waals surface area contributed by atoms with Crippen LogP contribution in [0.15, 0.2) is 49.2 Å². The van der Waals surface area contributed by atoms with Gasteiger partial charge in [0, 0.05) is 47.0 Å². The molecule has 0 bridgehead atoms. The fraction of sp³-hybridized carbons (Fsp3) is 0.261. The van der Waals surface area contributed by atoms with Gasteiger partial charge in [-0.2, -0.15) is 0 Å². The molecule has 154 valence electrons. The predicted molar refractivity (Wildman–Crippen MR) is 114 cm³/mol. The standard InChI is InChI=1S/C23H24N4O3/c1-4-9-26-14(2)10-18(15(26)3)21(28)13-27-22(29)20(25-23(27)30)11-16-12-24-19-8-6-5-7-17(16)19/h4-8,10,12,20,24H,1,9,11,13H2,2-3H3,(H,25,30)/t20-/m1/s1. The summed E-state index contributed by atoms with van der Waals surface area (Å²) in [5.74, 6) is -0.631. The van der Waals surface area contributed by atoms with Gasteiger partial charge in [0.25, 0.3) is 5.91 Å². The van der Waals surface area contributed by atoms with E-state index < -0.39 is 12.1 Å². The number of benzene rings is 1. The minimum absolute atomic E-state index is 0.255. The van der Waals surface area contributed by atoms with Gasteiger partial charge in [-0.05, 0) is 31.5 Å². The number of ketones is 1. The van der Waals surface area contributed by atoms with E-state index in [0.717, 1.165) is 32.8 Å².